The van der Waals surface area contributed by atoms with Gasteiger partial charge in [0.2, 0.25) is 0 Å². The third kappa shape index (κ3) is 1.99. The molecule has 0 saturated heterocycles. The Morgan fingerprint density at radius 2 is 2.00 bits per heavy atom. The highest BCUT2D eigenvalue weighted by molar-refractivity contribution is 7.80. The summed E-state index contributed by atoms with van der Waals surface area (Å²) in [5, 5.41) is 2.73. The number of thiocarbonyl (C=S) groups is 1. The van der Waals surface area contributed by atoms with Crippen molar-refractivity contribution in [3.8, 4) is 0 Å². The zero-order valence-corrected chi connectivity index (χ0v) is 6.97. The fraction of sp³-hybridized carbons (Fsp3) is 0.833. The van der Waals surface area contributed by atoms with Gasteiger partial charge in [0, 0.05) is 18.4 Å². The Labute approximate surface area is 69.1 Å². The second kappa shape index (κ2) is 2.27. The third-order valence-electron chi connectivity index (χ3n) is 1.72. The van der Waals surface area contributed by atoms with Crippen LogP contribution in [-0.4, -0.2) is 16.6 Å². The van der Waals surface area contributed by atoms with Gasteiger partial charge in [-0.1, -0.05) is 0 Å². The lowest BCUT2D eigenvalue weighted by Crippen LogP contribution is -2.61. The maximum absolute atomic E-state index is 12.4. The Hall–Kier alpha value is -0.450. The van der Waals surface area contributed by atoms with E-state index < -0.39 is 11.5 Å². The molecule has 1 fully saturated rings. The number of nitrogens with two attached hydrogens (primary N) is 1. The predicted molar refractivity (Wildman–Crippen MR) is 42.5 cm³/mol. The minimum atomic E-state index is -2.54. The van der Waals surface area contributed by atoms with Crippen LogP contribution in [-0.2, 0) is 0 Å². The Kier molecular flexibility index (Phi) is 1.78. The summed E-state index contributed by atoms with van der Waals surface area (Å²) in [5.74, 6) is -2.54. The zero-order valence-electron chi connectivity index (χ0n) is 6.16. The molecule has 3 N–H and O–H groups in total. The lowest BCUT2D eigenvalue weighted by atomic mass is 9.75. The van der Waals surface area contributed by atoms with E-state index in [0.717, 1.165) is 0 Å². The third-order valence-corrected chi connectivity index (χ3v) is 1.82. The molecule has 1 saturated carbocycles. The second-order valence-electron chi connectivity index (χ2n) is 3.26. The minimum Gasteiger partial charge on any atom is -0.376 e. The molecular formula is C6H10F2N2S. The van der Waals surface area contributed by atoms with E-state index in [4.69, 9.17) is 5.73 Å². The van der Waals surface area contributed by atoms with Crippen LogP contribution in [0.15, 0.2) is 0 Å². The second-order valence-corrected chi connectivity index (χ2v) is 3.70. The van der Waals surface area contributed by atoms with Crippen LogP contribution in [0.1, 0.15) is 19.8 Å². The fourth-order valence-electron chi connectivity index (χ4n) is 1.48. The van der Waals surface area contributed by atoms with E-state index in [9.17, 15) is 8.78 Å². The molecule has 1 aliphatic carbocycles. The molecule has 0 unspecified atom stereocenters. The van der Waals surface area contributed by atoms with Crippen LogP contribution in [0.3, 0.4) is 0 Å². The van der Waals surface area contributed by atoms with E-state index in [2.05, 4.69) is 17.5 Å². The molecule has 11 heavy (non-hydrogen) atoms. The quantitative estimate of drug-likeness (QED) is 0.591. The van der Waals surface area contributed by atoms with Crippen molar-refractivity contribution in [1.29, 1.82) is 0 Å². The molecule has 2 nitrogen and oxygen atoms in total. The summed E-state index contributed by atoms with van der Waals surface area (Å²) in [5.41, 5.74) is 4.56. The standard InChI is InChI=1S/C6H10F2N2S/c1-5(10-4(9)11)2-6(7,8)3-5/h2-3H2,1H3,(H3,9,10,11). The van der Waals surface area contributed by atoms with E-state index in [1.54, 1.807) is 6.92 Å². The molecule has 0 aromatic carbocycles. The number of hydrogen-bond donors (Lipinski definition) is 2. The molecule has 0 spiro atoms. The zero-order chi connectivity index (χ0) is 8.70. The Balaban J connectivity index is 2.43. The summed E-state index contributed by atoms with van der Waals surface area (Å²) in [6, 6.07) is 0. The molecule has 0 aromatic heterocycles. The summed E-state index contributed by atoms with van der Waals surface area (Å²) in [6.45, 7) is 1.68. The maximum atomic E-state index is 12.4. The average molecular weight is 180 g/mol. The van der Waals surface area contributed by atoms with Crippen molar-refractivity contribution < 1.29 is 8.78 Å². The Bertz CT molecular complexity index is 185. The van der Waals surface area contributed by atoms with Gasteiger partial charge in [-0.3, -0.25) is 0 Å². The van der Waals surface area contributed by atoms with Crippen molar-refractivity contribution in [3.05, 3.63) is 0 Å². The van der Waals surface area contributed by atoms with Crippen molar-refractivity contribution in [3.63, 3.8) is 0 Å². The highest BCUT2D eigenvalue weighted by Crippen LogP contribution is 2.44. The first kappa shape index (κ1) is 8.64. The van der Waals surface area contributed by atoms with Crippen molar-refractivity contribution >= 4 is 17.3 Å². The summed E-state index contributed by atoms with van der Waals surface area (Å²) < 4.78 is 24.7. The molecule has 5 heteroatoms. The van der Waals surface area contributed by atoms with Gasteiger partial charge in [0.25, 0.3) is 5.92 Å². The van der Waals surface area contributed by atoms with Gasteiger partial charge in [-0.15, -0.1) is 0 Å². The highest BCUT2D eigenvalue weighted by atomic mass is 32.1. The summed E-state index contributed by atoms with van der Waals surface area (Å²) >= 11 is 4.54. The molecule has 0 radical (unpaired) electrons. The number of halogens is 2. The molecule has 0 aliphatic heterocycles. The van der Waals surface area contributed by atoms with Crippen molar-refractivity contribution in [2.45, 2.75) is 31.2 Å². The van der Waals surface area contributed by atoms with E-state index >= 15 is 0 Å². The lowest BCUT2D eigenvalue weighted by Gasteiger charge is -2.45. The first-order valence-corrected chi connectivity index (χ1v) is 3.69. The van der Waals surface area contributed by atoms with Gasteiger partial charge < -0.3 is 11.1 Å². The smallest absolute Gasteiger partial charge is 0.252 e. The van der Waals surface area contributed by atoms with Gasteiger partial charge in [-0.2, -0.15) is 0 Å². The highest BCUT2D eigenvalue weighted by Gasteiger charge is 2.53. The molecule has 0 aromatic rings. The number of rotatable bonds is 1. The molecule has 0 amide bonds. The molecule has 64 valence electrons. The molecular weight excluding hydrogens is 170 g/mol. The number of hydrogen-bond acceptors (Lipinski definition) is 1. The maximum Gasteiger partial charge on any atom is 0.252 e. The van der Waals surface area contributed by atoms with Gasteiger partial charge in [-0.05, 0) is 19.1 Å². The molecule has 1 aliphatic rings. The van der Waals surface area contributed by atoms with Crippen LogP contribution in [0.2, 0.25) is 0 Å². The van der Waals surface area contributed by atoms with Crippen LogP contribution < -0.4 is 11.1 Å². The molecule has 0 bridgehead atoms. The normalized spacial score (nSPS) is 25.4. The van der Waals surface area contributed by atoms with E-state index in [-0.39, 0.29) is 18.0 Å². The van der Waals surface area contributed by atoms with Gasteiger partial charge in [0.1, 0.15) is 0 Å². The molecule has 0 atom stereocenters. The monoisotopic (exact) mass is 180 g/mol. The van der Waals surface area contributed by atoms with Gasteiger partial charge >= 0.3 is 0 Å². The summed E-state index contributed by atoms with van der Waals surface area (Å²) in [7, 11) is 0. The van der Waals surface area contributed by atoms with Crippen molar-refractivity contribution in [1.82, 2.24) is 5.32 Å². The Morgan fingerprint density at radius 1 is 1.55 bits per heavy atom. The number of alkyl halides is 2. The predicted octanol–water partition coefficient (Wildman–Crippen LogP) is 1.01. The van der Waals surface area contributed by atoms with Crippen LogP contribution in [0, 0.1) is 0 Å². The van der Waals surface area contributed by atoms with Crippen LogP contribution in [0.25, 0.3) is 0 Å². The number of nitrogens with one attached hydrogen (secondary N) is 1. The van der Waals surface area contributed by atoms with Gasteiger partial charge in [-0.25, -0.2) is 8.78 Å². The average Bonchev–Trinajstić information content (AvgIpc) is 1.52. The van der Waals surface area contributed by atoms with Crippen LogP contribution in [0.5, 0.6) is 0 Å². The lowest BCUT2D eigenvalue weighted by molar-refractivity contribution is -0.122. The van der Waals surface area contributed by atoms with E-state index in [1.165, 1.54) is 0 Å². The van der Waals surface area contributed by atoms with Gasteiger partial charge in [0.05, 0.1) is 0 Å². The topological polar surface area (TPSA) is 38.0 Å². The van der Waals surface area contributed by atoms with Crippen molar-refractivity contribution in [2.24, 2.45) is 5.73 Å². The molecule has 1 rings (SSSR count). The Morgan fingerprint density at radius 3 is 2.27 bits per heavy atom. The summed E-state index contributed by atoms with van der Waals surface area (Å²) in [4.78, 5) is 0. The first-order valence-electron chi connectivity index (χ1n) is 3.28. The SMILES string of the molecule is CC1(NC(N)=S)CC(F)(F)C1. The van der Waals surface area contributed by atoms with Crippen LogP contribution in [0.4, 0.5) is 8.78 Å². The minimum absolute atomic E-state index is 0.0861. The first-order chi connectivity index (χ1) is 4.83. The molecule has 0 heterocycles. The largest absolute Gasteiger partial charge is 0.376 e. The van der Waals surface area contributed by atoms with E-state index in [0.29, 0.717) is 0 Å². The van der Waals surface area contributed by atoms with Gasteiger partial charge in [0.15, 0.2) is 5.11 Å². The fourth-order valence-corrected chi connectivity index (χ4v) is 1.72. The van der Waals surface area contributed by atoms with Crippen LogP contribution >= 0.6 is 12.2 Å². The summed E-state index contributed by atoms with van der Waals surface area (Å²) in [6.07, 6.45) is -0.366. The van der Waals surface area contributed by atoms with E-state index in [1.807, 2.05) is 0 Å². The van der Waals surface area contributed by atoms with Crippen molar-refractivity contribution in [2.75, 3.05) is 0 Å².